The fourth-order valence-electron chi connectivity index (χ4n) is 2.61. The van der Waals surface area contributed by atoms with Gasteiger partial charge in [-0.15, -0.1) is 0 Å². The summed E-state index contributed by atoms with van der Waals surface area (Å²) in [6, 6.07) is 3.83. The third-order valence-electron chi connectivity index (χ3n) is 4.13. The molecule has 0 radical (unpaired) electrons. The molecule has 2 fully saturated rings. The molecule has 0 unspecified atom stereocenters. The summed E-state index contributed by atoms with van der Waals surface area (Å²) in [5, 5.41) is 11.1. The van der Waals surface area contributed by atoms with Crippen LogP contribution in [0.2, 0.25) is 0 Å². The Morgan fingerprint density at radius 2 is 2.10 bits per heavy atom. The van der Waals surface area contributed by atoms with E-state index in [0.717, 1.165) is 24.3 Å². The minimum atomic E-state index is -0.204. The molecule has 0 aromatic carbocycles. The Labute approximate surface area is 122 Å². The molecule has 6 heteroatoms. The first-order valence-corrected chi connectivity index (χ1v) is 7.48. The number of carbonyl (C=O) groups is 1. The Hall–Kier alpha value is -2.11. The molecule has 0 bridgehead atoms. The maximum atomic E-state index is 12.0. The Balaban J connectivity index is 1.38. The van der Waals surface area contributed by atoms with Gasteiger partial charge < -0.3 is 9.84 Å². The van der Waals surface area contributed by atoms with Crippen LogP contribution in [0.1, 0.15) is 65.2 Å². The smallest absolute Gasteiger partial charge is 0.273 e. The van der Waals surface area contributed by atoms with Gasteiger partial charge in [-0.1, -0.05) is 5.16 Å². The van der Waals surface area contributed by atoms with Crippen molar-refractivity contribution in [1.29, 1.82) is 0 Å². The van der Waals surface area contributed by atoms with Crippen molar-refractivity contribution in [2.24, 2.45) is 7.05 Å². The van der Waals surface area contributed by atoms with Gasteiger partial charge in [-0.05, 0) is 31.7 Å². The van der Waals surface area contributed by atoms with Gasteiger partial charge >= 0.3 is 0 Å². The molecule has 21 heavy (non-hydrogen) atoms. The van der Waals surface area contributed by atoms with Crippen molar-refractivity contribution in [3.63, 3.8) is 0 Å². The van der Waals surface area contributed by atoms with Crippen molar-refractivity contribution in [3.05, 3.63) is 35.0 Å². The highest BCUT2D eigenvalue weighted by Gasteiger charge is 2.29. The zero-order chi connectivity index (χ0) is 14.4. The second kappa shape index (κ2) is 4.72. The van der Waals surface area contributed by atoms with E-state index in [1.807, 2.05) is 11.7 Å². The van der Waals surface area contributed by atoms with Crippen LogP contribution in [0.15, 0.2) is 16.7 Å². The van der Waals surface area contributed by atoms with Crippen molar-refractivity contribution < 1.29 is 9.32 Å². The van der Waals surface area contributed by atoms with Crippen LogP contribution < -0.4 is 5.32 Å². The SMILES string of the molecule is Cn1nc(CNC(=O)c2cc(C3CC3)on2)cc1C1CC1. The zero-order valence-corrected chi connectivity index (χ0v) is 12.0. The monoisotopic (exact) mass is 286 g/mol. The van der Waals surface area contributed by atoms with Crippen molar-refractivity contribution in [1.82, 2.24) is 20.3 Å². The number of hydrogen-bond donors (Lipinski definition) is 1. The van der Waals surface area contributed by atoms with Gasteiger partial charge in [0.05, 0.1) is 12.2 Å². The summed E-state index contributed by atoms with van der Waals surface area (Å²) in [6.07, 6.45) is 4.75. The van der Waals surface area contributed by atoms with Gasteiger partial charge in [0.25, 0.3) is 5.91 Å². The average molecular weight is 286 g/mol. The molecule has 2 aliphatic rings. The highest BCUT2D eigenvalue weighted by molar-refractivity contribution is 5.92. The molecule has 0 saturated heterocycles. The van der Waals surface area contributed by atoms with Crippen LogP contribution in [-0.4, -0.2) is 20.8 Å². The van der Waals surface area contributed by atoms with E-state index in [1.54, 1.807) is 6.07 Å². The van der Waals surface area contributed by atoms with E-state index in [0.29, 0.717) is 24.1 Å². The first kappa shape index (κ1) is 12.6. The van der Waals surface area contributed by atoms with Crippen molar-refractivity contribution >= 4 is 5.91 Å². The minimum Gasteiger partial charge on any atom is -0.360 e. The van der Waals surface area contributed by atoms with Crippen LogP contribution >= 0.6 is 0 Å². The number of hydrogen-bond acceptors (Lipinski definition) is 4. The van der Waals surface area contributed by atoms with Crippen LogP contribution in [0.5, 0.6) is 0 Å². The summed E-state index contributed by atoms with van der Waals surface area (Å²) in [5.74, 6) is 1.75. The van der Waals surface area contributed by atoms with Crippen LogP contribution in [0.3, 0.4) is 0 Å². The minimum absolute atomic E-state index is 0.204. The lowest BCUT2D eigenvalue weighted by Gasteiger charge is -1.98. The predicted octanol–water partition coefficient (Wildman–Crippen LogP) is 2.09. The molecular formula is C15H18N4O2. The summed E-state index contributed by atoms with van der Waals surface area (Å²) < 4.78 is 7.11. The Bertz CT molecular complexity index is 680. The summed E-state index contributed by atoms with van der Waals surface area (Å²) >= 11 is 0. The Kier molecular flexibility index (Phi) is 2.83. The first-order valence-electron chi connectivity index (χ1n) is 7.48. The van der Waals surface area contributed by atoms with Crippen LogP contribution in [0, 0.1) is 0 Å². The lowest BCUT2D eigenvalue weighted by atomic mass is 10.2. The summed E-state index contributed by atoms with van der Waals surface area (Å²) in [5.41, 5.74) is 2.51. The maximum Gasteiger partial charge on any atom is 0.273 e. The molecule has 2 heterocycles. The van der Waals surface area contributed by atoms with Crippen molar-refractivity contribution in [3.8, 4) is 0 Å². The lowest BCUT2D eigenvalue weighted by molar-refractivity contribution is 0.0941. The van der Waals surface area contributed by atoms with Gasteiger partial charge in [0.15, 0.2) is 5.69 Å². The van der Waals surface area contributed by atoms with E-state index in [4.69, 9.17) is 4.52 Å². The topological polar surface area (TPSA) is 73.0 Å². The second-order valence-corrected chi connectivity index (χ2v) is 6.03. The van der Waals surface area contributed by atoms with E-state index in [2.05, 4.69) is 21.6 Å². The third kappa shape index (κ3) is 2.57. The maximum absolute atomic E-state index is 12.0. The van der Waals surface area contributed by atoms with Gasteiger partial charge in [-0.2, -0.15) is 5.10 Å². The molecule has 2 saturated carbocycles. The van der Waals surface area contributed by atoms with Gasteiger partial charge in [0.2, 0.25) is 0 Å². The van der Waals surface area contributed by atoms with Gasteiger partial charge in [-0.25, -0.2) is 0 Å². The standard InChI is InChI=1S/C15H18N4O2/c1-19-13(9-2-3-9)6-11(17-19)8-16-15(20)12-7-14(21-18-12)10-4-5-10/h6-7,9-10H,2-5,8H2,1H3,(H,16,20). The molecule has 110 valence electrons. The molecule has 2 aromatic rings. The molecule has 0 atom stereocenters. The molecule has 1 N–H and O–H groups in total. The number of aryl methyl sites for hydroxylation is 1. The van der Waals surface area contributed by atoms with Crippen LogP contribution in [0.25, 0.3) is 0 Å². The third-order valence-corrected chi connectivity index (χ3v) is 4.13. The largest absolute Gasteiger partial charge is 0.360 e. The average Bonchev–Trinajstić information content (AvgIpc) is 3.41. The summed E-state index contributed by atoms with van der Waals surface area (Å²) in [4.78, 5) is 12.0. The number of nitrogens with zero attached hydrogens (tertiary/aromatic N) is 3. The van der Waals surface area contributed by atoms with Crippen LogP contribution in [-0.2, 0) is 13.6 Å². The first-order chi connectivity index (χ1) is 10.2. The van der Waals surface area contributed by atoms with E-state index < -0.39 is 0 Å². The number of nitrogens with one attached hydrogen (secondary N) is 1. The molecule has 1 amide bonds. The fraction of sp³-hybridized carbons (Fsp3) is 0.533. The van der Waals surface area contributed by atoms with Crippen molar-refractivity contribution in [2.45, 2.75) is 44.1 Å². The normalized spacial score (nSPS) is 18.0. The van der Waals surface area contributed by atoms with E-state index in [-0.39, 0.29) is 5.91 Å². The zero-order valence-electron chi connectivity index (χ0n) is 12.0. The number of amides is 1. The Morgan fingerprint density at radius 3 is 2.81 bits per heavy atom. The quantitative estimate of drug-likeness (QED) is 0.913. The van der Waals surface area contributed by atoms with Gasteiger partial charge in [0, 0.05) is 30.6 Å². The number of rotatable bonds is 5. The second-order valence-electron chi connectivity index (χ2n) is 6.03. The molecule has 6 nitrogen and oxygen atoms in total. The number of carbonyl (C=O) groups excluding carboxylic acids is 1. The molecule has 0 spiro atoms. The van der Waals surface area contributed by atoms with Crippen molar-refractivity contribution in [2.75, 3.05) is 0 Å². The lowest BCUT2D eigenvalue weighted by Crippen LogP contribution is -2.23. The van der Waals surface area contributed by atoms with E-state index in [9.17, 15) is 4.79 Å². The molecule has 2 aliphatic carbocycles. The summed E-state index contributed by atoms with van der Waals surface area (Å²) in [6.45, 7) is 0.422. The Morgan fingerprint density at radius 1 is 1.33 bits per heavy atom. The van der Waals surface area contributed by atoms with E-state index in [1.165, 1.54) is 18.5 Å². The number of aromatic nitrogens is 3. The highest BCUT2D eigenvalue weighted by atomic mass is 16.5. The highest BCUT2D eigenvalue weighted by Crippen LogP contribution is 2.40. The van der Waals surface area contributed by atoms with Gasteiger partial charge in [-0.3, -0.25) is 9.48 Å². The molecule has 2 aromatic heterocycles. The molecule has 4 rings (SSSR count). The predicted molar refractivity (Wildman–Crippen MR) is 74.8 cm³/mol. The van der Waals surface area contributed by atoms with E-state index >= 15 is 0 Å². The molecular weight excluding hydrogens is 268 g/mol. The summed E-state index contributed by atoms with van der Waals surface area (Å²) in [7, 11) is 1.96. The van der Waals surface area contributed by atoms with Gasteiger partial charge in [0.1, 0.15) is 5.76 Å². The fourth-order valence-corrected chi connectivity index (χ4v) is 2.61. The molecule has 0 aliphatic heterocycles. The van der Waals surface area contributed by atoms with Crippen LogP contribution in [0.4, 0.5) is 0 Å².